The van der Waals surface area contributed by atoms with Crippen molar-refractivity contribution in [3.63, 3.8) is 0 Å². The fourth-order valence-corrected chi connectivity index (χ4v) is 2.24. The van der Waals surface area contributed by atoms with Crippen LogP contribution in [0.2, 0.25) is 0 Å². The van der Waals surface area contributed by atoms with Crippen molar-refractivity contribution >= 4 is 17.3 Å². The highest BCUT2D eigenvalue weighted by molar-refractivity contribution is 6.17. The lowest BCUT2D eigenvalue weighted by Gasteiger charge is -2.26. The van der Waals surface area contributed by atoms with Crippen molar-refractivity contribution in [1.29, 1.82) is 0 Å². The zero-order valence-corrected chi connectivity index (χ0v) is 12.2. The highest BCUT2D eigenvalue weighted by atomic mass is 35.5. The van der Waals surface area contributed by atoms with Crippen LogP contribution in [0.5, 0.6) is 0 Å². The number of benzene rings is 1. The molecule has 2 nitrogen and oxygen atoms in total. The predicted octanol–water partition coefficient (Wildman–Crippen LogP) is 3.34. The molecule has 0 aliphatic heterocycles. The van der Waals surface area contributed by atoms with Gasteiger partial charge in [-0.15, -0.1) is 11.6 Å². The van der Waals surface area contributed by atoms with Crippen LogP contribution < -0.4 is 4.90 Å². The van der Waals surface area contributed by atoms with Crippen molar-refractivity contribution in [2.75, 3.05) is 38.6 Å². The summed E-state index contributed by atoms with van der Waals surface area (Å²) >= 11 is 5.89. The molecule has 0 heterocycles. The van der Waals surface area contributed by atoms with E-state index in [1.165, 1.54) is 6.07 Å². The van der Waals surface area contributed by atoms with Crippen LogP contribution in [-0.2, 0) is 5.88 Å². The summed E-state index contributed by atoms with van der Waals surface area (Å²) in [5, 5.41) is 0. The minimum absolute atomic E-state index is 0.181. The van der Waals surface area contributed by atoms with Crippen molar-refractivity contribution < 1.29 is 4.39 Å². The topological polar surface area (TPSA) is 6.48 Å². The molecule has 0 aromatic heterocycles. The standard InChI is InChI=1S/C14H22ClFN2/c1-4-18(10-6-9-17(2)3)14-12(11-15)7-5-8-13(14)16/h5,7-8H,4,6,9-11H2,1-3H3. The lowest BCUT2D eigenvalue weighted by atomic mass is 10.1. The summed E-state index contributed by atoms with van der Waals surface area (Å²) in [4.78, 5) is 4.20. The minimum atomic E-state index is -0.181. The summed E-state index contributed by atoms with van der Waals surface area (Å²) in [7, 11) is 4.09. The van der Waals surface area contributed by atoms with Crippen molar-refractivity contribution in [1.82, 2.24) is 4.90 Å². The molecule has 1 rings (SSSR count). The first-order valence-corrected chi connectivity index (χ1v) is 6.86. The summed E-state index contributed by atoms with van der Waals surface area (Å²) in [6, 6.07) is 5.10. The third-order valence-corrected chi connectivity index (χ3v) is 3.23. The van der Waals surface area contributed by atoms with Crippen LogP contribution in [0.25, 0.3) is 0 Å². The molecule has 102 valence electrons. The SMILES string of the molecule is CCN(CCCN(C)C)c1c(F)cccc1CCl. The molecule has 4 heteroatoms. The van der Waals surface area contributed by atoms with Gasteiger partial charge in [-0.1, -0.05) is 12.1 Å². The molecule has 0 fully saturated rings. The maximum atomic E-state index is 13.9. The Labute approximate surface area is 114 Å². The van der Waals surface area contributed by atoms with E-state index in [1.807, 2.05) is 27.1 Å². The van der Waals surface area contributed by atoms with E-state index in [9.17, 15) is 4.39 Å². The highest BCUT2D eigenvalue weighted by Gasteiger charge is 2.14. The lowest BCUT2D eigenvalue weighted by molar-refractivity contribution is 0.400. The number of halogens is 2. The second kappa shape index (κ2) is 7.59. The summed E-state index contributed by atoms with van der Waals surface area (Å²) in [6.45, 7) is 4.68. The van der Waals surface area contributed by atoms with Gasteiger partial charge in [-0.25, -0.2) is 4.39 Å². The smallest absolute Gasteiger partial charge is 0.146 e. The normalized spacial score (nSPS) is 11.0. The zero-order chi connectivity index (χ0) is 13.5. The minimum Gasteiger partial charge on any atom is -0.369 e. The van der Waals surface area contributed by atoms with E-state index in [0.29, 0.717) is 11.6 Å². The maximum Gasteiger partial charge on any atom is 0.146 e. The molecular weight excluding hydrogens is 251 g/mol. The van der Waals surface area contributed by atoms with Crippen LogP contribution >= 0.6 is 11.6 Å². The molecule has 1 aromatic rings. The molecule has 0 radical (unpaired) electrons. The number of nitrogens with zero attached hydrogens (tertiary/aromatic N) is 2. The molecule has 18 heavy (non-hydrogen) atoms. The van der Waals surface area contributed by atoms with Gasteiger partial charge in [-0.05, 0) is 45.6 Å². The molecule has 0 N–H and O–H groups in total. The first kappa shape index (κ1) is 15.3. The van der Waals surface area contributed by atoms with Gasteiger partial charge in [0.05, 0.1) is 5.69 Å². The fraction of sp³-hybridized carbons (Fsp3) is 0.571. The Kier molecular flexibility index (Phi) is 6.44. The molecule has 0 saturated heterocycles. The number of hydrogen-bond donors (Lipinski definition) is 0. The Bertz CT molecular complexity index is 369. The van der Waals surface area contributed by atoms with E-state index < -0.39 is 0 Å². The molecule has 0 unspecified atom stereocenters. The van der Waals surface area contributed by atoms with Crippen molar-refractivity contribution in [2.24, 2.45) is 0 Å². The third kappa shape index (κ3) is 4.14. The number of alkyl halides is 1. The molecule has 0 aliphatic carbocycles. The molecule has 0 saturated carbocycles. The highest BCUT2D eigenvalue weighted by Crippen LogP contribution is 2.26. The number of anilines is 1. The Morgan fingerprint density at radius 3 is 2.50 bits per heavy atom. The lowest BCUT2D eigenvalue weighted by Crippen LogP contribution is -2.28. The predicted molar refractivity (Wildman–Crippen MR) is 77.0 cm³/mol. The summed E-state index contributed by atoms with van der Waals surface area (Å²) in [5.74, 6) is 0.164. The van der Waals surface area contributed by atoms with Crippen LogP contribution in [-0.4, -0.2) is 38.6 Å². The average Bonchev–Trinajstić information content (AvgIpc) is 2.34. The Hall–Kier alpha value is -0.800. The maximum absolute atomic E-state index is 13.9. The molecular formula is C14H22ClFN2. The monoisotopic (exact) mass is 272 g/mol. The number of rotatable bonds is 7. The van der Waals surface area contributed by atoms with Gasteiger partial charge in [0.25, 0.3) is 0 Å². The second-order valence-corrected chi connectivity index (χ2v) is 4.88. The largest absolute Gasteiger partial charge is 0.369 e. The molecule has 0 spiro atoms. The first-order chi connectivity index (χ1) is 8.60. The molecule has 0 bridgehead atoms. The molecule has 1 aromatic carbocycles. The molecule has 0 amide bonds. The van der Waals surface area contributed by atoms with Crippen molar-refractivity contribution in [2.45, 2.75) is 19.2 Å². The Morgan fingerprint density at radius 2 is 1.94 bits per heavy atom. The van der Waals surface area contributed by atoms with E-state index in [2.05, 4.69) is 9.80 Å². The fourth-order valence-electron chi connectivity index (χ4n) is 2.03. The van der Waals surface area contributed by atoms with Crippen LogP contribution in [0, 0.1) is 5.82 Å². The van der Waals surface area contributed by atoms with Gasteiger partial charge in [-0.2, -0.15) is 0 Å². The van der Waals surface area contributed by atoms with Crippen molar-refractivity contribution in [3.05, 3.63) is 29.6 Å². The summed E-state index contributed by atoms with van der Waals surface area (Å²) < 4.78 is 13.9. The van der Waals surface area contributed by atoms with Gasteiger partial charge in [0.1, 0.15) is 5.82 Å². The third-order valence-electron chi connectivity index (χ3n) is 2.95. The van der Waals surface area contributed by atoms with Gasteiger partial charge in [0, 0.05) is 19.0 Å². The average molecular weight is 273 g/mol. The van der Waals surface area contributed by atoms with Crippen LogP contribution in [0.1, 0.15) is 18.9 Å². The number of hydrogen-bond acceptors (Lipinski definition) is 2. The Morgan fingerprint density at radius 1 is 1.22 bits per heavy atom. The van der Waals surface area contributed by atoms with Crippen LogP contribution in [0.4, 0.5) is 10.1 Å². The summed E-state index contributed by atoms with van der Waals surface area (Å²) in [6.07, 6.45) is 1.01. The van der Waals surface area contributed by atoms with Crippen LogP contribution in [0.15, 0.2) is 18.2 Å². The van der Waals surface area contributed by atoms with Gasteiger partial charge < -0.3 is 9.80 Å². The van der Waals surface area contributed by atoms with E-state index in [4.69, 9.17) is 11.6 Å². The molecule has 0 aliphatic rings. The molecule has 0 atom stereocenters. The van der Waals surface area contributed by atoms with Gasteiger partial charge in [-0.3, -0.25) is 0 Å². The zero-order valence-electron chi connectivity index (χ0n) is 11.4. The van der Waals surface area contributed by atoms with E-state index >= 15 is 0 Å². The summed E-state index contributed by atoms with van der Waals surface area (Å²) in [5.41, 5.74) is 1.53. The van der Waals surface area contributed by atoms with E-state index in [0.717, 1.165) is 31.6 Å². The number of para-hydroxylation sites is 1. The second-order valence-electron chi connectivity index (χ2n) is 4.62. The first-order valence-electron chi connectivity index (χ1n) is 6.33. The van der Waals surface area contributed by atoms with Crippen molar-refractivity contribution in [3.8, 4) is 0 Å². The van der Waals surface area contributed by atoms with E-state index in [1.54, 1.807) is 6.07 Å². The van der Waals surface area contributed by atoms with Gasteiger partial charge >= 0.3 is 0 Å². The van der Waals surface area contributed by atoms with Gasteiger partial charge in [0.2, 0.25) is 0 Å². The van der Waals surface area contributed by atoms with E-state index in [-0.39, 0.29) is 5.82 Å². The van der Waals surface area contributed by atoms with Crippen LogP contribution in [0.3, 0.4) is 0 Å². The quantitative estimate of drug-likeness (QED) is 0.703. The Balaban J connectivity index is 2.81. The van der Waals surface area contributed by atoms with Gasteiger partial charge in [0.15, 0.2) is 0 Å².